The average molecular weight is 256 g/mol. The van der Waals surface area contributed by atoms with Gasteiger partial charge in [0.2, 0.25) is 0 Å². The molecule has 1 atom stereocenters. The third-order valence-electron chi connectivity index (χ3n) is 2.17. The van der Waals surface area contributed by atoms with Crippen LogP contribution in [0, 0.1) is 0 Å². The second kappa shape index (κ2) is 5.15. The highest BCUT2D eigenvalue weighted by molar-refractivity contribution is 9.09. The molecule has 1 unspecified atom stereocenters. The SMILES string of the molecule is CN(C)c1ccc(C(C=O)CBr)cc1. The Morgan fingerprint density at radius 3 is 2.29 bits per heavy atom. The summed E-state index contributed by atoms with van der Waals surface area (Å²) in [6.45, 7) is 0. The summed E-state index contributed by atoms with van der Waals surface area (Å²) in [5, 5.41) is 0.678. The normalized spacial score (nSPS) is 12.2. The molecule has 0 aliphatic rings. The topological polar surface area (TPSA) is 20.3 Å². The van der Waals surface area contributed by atoms with Gasteiger partial charge in [0, 0.05) is 31.0 Å². The van der Waals surface area contributed by atoms with E-state index in [1.807, 2.05) is 43.3 Å². The fourth-order valence-corrected chi connectivity index (χ4v) is 1.75. The molecule has 0 saturated carbocycles. The average Bonchev–Trinajstić information content (AvgIpc) is 2.20. The van der Waals surface area contributed by atoms with Gasteiger partial charge in [-0.05, 0) is 17.7 Å². The van der Waals surface area contributed by atoms with E-state index in [2.05, 4.69) is 15.9 Å². The van der Waals surface area contributed by atoms with Crippen molar-refractivity contribution < 1.29 is 4.79 Å². The summed E-state index contributed by atoms with van der Waals surface area (Å²) in [5.41, 5.74) is 2.20. The molecule has 0 saturated heterocycles. The highest BCUT2D eigenvalue weighted by Gasteiger charge is 2.08. The van der Waals surface area contributed by atoms with Crippen molar-refractivity contribution in [3.63, 3.8) is 0 Å². The molecule has 3 heteroatoms. The molecule has 1 aromatic rings. The number of hydrogen-bond acceptors (Lipinski definition) is 2. The van der Waals surface area contributed by atoms with E-state index in [1.165, 1.54) is 0 Å². The summed E-state index contributed by atoms with van der Waals surface area (Å²) in [5.74, 6) is -0.0359. The summed E-state index contributed by atoms with van der Waals surface area (Å²) in [7, 11) is 3.99. The molecule has 0 bridgehead atoms. The minimum absolute atomic E-state index is 0.0359. The third-order valence-corrected chi connectivity index (χ3v) is 2.87. The van der Waals surface area contributed by atoms with Crippen molar-refractivity contribution in [3.8, 4) is 0 Å². The van der Waals surface area contributed by atoms with E-state index in [0.29, 0.717) is 5.33 Å². The number of rotatable bonds is 4. The van der Waals surface area contributed by atoms with Crippen LogP contribution < -0.4 is 4.90 Å². The number of carbonyl (C=O) groups is 1. The van der Waals surface area contributed by atoms with Gasteiger partial charge in [0.25, 0.3) is 0 Å². The van der Waals surface area contributed by atoms with Gasteiger partial charge in [-0.25, -0.2) is 0 Å². The van der Waals surface area contributed by atoms with E-state index in [1.54, 1.807) is 0 Å². The van der Waals surface area contributed by atoms with Gasteiger partial charge in [-0.2, -0.15) is 0 Å². The van der Waals surface area contributed by atoms with Gasteiger partial charge < -0.3 is 9.69 Å². The summed E-state index contributed by atoms with van der Waals surface area (Å²) in [6, 6.07) is 8.04. The Labute approximate surface area is 93.0 Å². The molecule has 0 radical (unpaired) electrons. The van der Waals surface area contributed by atoms with E-state index in [-0.39, 0.29) is 5.92 Å². The Morgan fingerprint density at radius 2 is 1.93 bits per heavy atom. The van der Waals surface area contributed by atoms with Crippen molar-refractivity contribution in [3.05, 3.63) is 29.8 Å². The molecule has 2 nitrogen and oxygen atoms in total. The van der Waals surface area contributed by atoms with E-state index >= 15 is 0 Å². The van der Waals surface area contributed by atoms with Crippen LogP contribution in [0.25, 0.3) is 0 Å². The minimum Gasteiger partial charge on any atom is -0.378 e. The van der Waals surface area contributed by atoms with Crippen molar-refractivity contribution in [1.29, 1.82) is 0 Å². The first-order valence-corrected chi connectivity index (χ1v) is 5.59. The lowest BCUT2D eigenvalue weighted by atomic mass is 10.0. The number of benzene rings is 1. The second-order valence-corrected chi connectivity index (χ2v) is 4.03. The largest absolute Gasteiger partial charge is 0.378 e. The Bertz CT molecular complexity index is 295. The van der Waals surface area contributed by atoms with E-state index in [9.17, 15) is 4.79 Å². The van der Waals surface area contributed by atoms with Crippen molar-refractivity contribution in [2.75, 3.05) is 24.3 Å². The van der Waals surface area contributed by atoms with Gasteiger partial charge in [0.05, 0.1) is 0 Å². The zero-order valence-electron chi connectivity index (χ0n) is 8.40. The molecule has 0 aromatic heterocycles. The summed E-state index contributed by atoms with van der Waals surface area (Å²) < 4.78 is 0. The number of alkyl halides is 1. The number of hydrogen-bond donors (Lipinski definition) is 0. The van der Waals surface area contributed by atoms with Gasteiger partial charge in [-0.3, -0.25) is 0 Å². The first-order valence-electron chi connectivity index (χ1n) is 4.47. The molecular weight excluding hydrogens is 242 g/mol. The third kappa shape index (κ3) is 2.58. The van der Waals surface area contributed by atoms with Crippen molar-refractivity contribution in [2.24, 2.45) is 0 Å². The number of aldehydes is 1. The lowest BCUT2D eigenvalue weighted by Gasteiger charge is -2.13. The van der Waals surface area contributed by atoms with Crippen LogP contribution in [0.15, 0.2) is 24.3 Å². The predicted molar refractivity (Wildman–Crippen MR) is 63.4 cm³/mol. The van der Waals surface area contributed by atoms with Crippen LogP contribution in [0.2, 0.25) is 0 Å². The van der Waals surface area contributed by atoms with Crippen LogP contribution >= 0.6 is 15.9 Å². The van der Waals surface area contributed by atoms with Crippen LogP contribution in [-0.2, 0) is 4.79 Å². The fourth-order valence-electron chi connectivity index (χ4n) is 1.22. The summed E-state index contributed by atoms with van der Waals surface area (Å²) >= 11 is 3.32. The molecule has 0 aliphatic carbocycles. The molecule has 0 spiro atoms. The zero-order chi connectivity index (χ0) is 10.6. The van der Waals surface area contributed by atoms with Gasteiger partial charge in [0.15, 0.2) is 0 Å². The molecule has 0 amide bonds. The summed E-state index contributed by atoms with van der Waals surface area (Å²) in [6.07, 6.45) is 0.972. The van der Waals surface area contributed by atoms with Crippen molar-refractivity contribution in [2.45, 2.75) is 5.92 Å². The molecule has 0 heterocycles. The van der Waals surface area contributed by atoms with Crippen LogP contribution in [0.4, 0.5) is 5.69 Å². The van der Waals surface area contributed by atoms with Crippen LogP contribution in [0.1, 0.15) is 11.5 Å². The second-order valence-electron chi connectivity index (χ2n) is 3.38. The first kappa shape index (κ1) is 11.2. The highest BCUT2D eigenvalue weighted by atomic mass is 79.9. The van der Waals surface area contributed by atoms with E-state index in [4.69, 9.17) is 0 Å². The van der Waals surface area contributed by atoms with E-state index < -0.39 is 0 Å². The van der Waals surface area contributed by atoms with Crippen molar-refractivity contribution >= 4 is 27.9 Å². The fraction of sp³-hybridized carbons (Fsp3) is 0.364. The minimum atomic E-state index is -0.0359. The van der Waals surface area contributed by atoms with Crippen molar-refractivity contribution in [1.82, 2.24) is 0 Å². The summed E-state index contributed by atoms with van der Waals surface area (Å²) in [4.78, 5) is 12.8. The molecule has 76 valence electrons. The molecule has 0 N–H and O–H groups in total. The lowest BCUT2D eigenvalue weighted by Crippen LogP contribution is -2.09. The Hall–Kier alpha value is -0.830. The van der Waals surface area contributed by atoms with Gasteiger partial charge >= 0.3 is 0 Å². The van der Waals surface area contributed by atoms with Gasteiger partial charge in [-0.15, -0.1) is 0 Å². The van der Waals surface area contributed by atoms with Gasteiger partial charge in [-0.1, -0.05) is 28.1 Å². The number of anilines is 1. The molecule has 1 aromatic carbocycles. The van der Waals surface area contributed by atoms with Gasteiger partial charge in [0.1, 0.15) is 6.29 Å². The molecule has 0 fully saturated rings. The molecular formula is C11H14BrNO. The Balaban J connectivity index is 2.87. The smallest absolute Gasteiger partial charge is 0.128 e. The number of carbonyl (C=O) groups excluding carboxylic acids is 1. The Morgan fingerprint density at radius 1 is 1.36 bits per heavy atom. The quantitative estimate of drug-likeness (QED) is 0.609. The maximum absolute atomic E-state index is 10.7. The number of halogens is 1. The molecule has 1 rings (SSSR count). The maximum Gasteiger partial charge on any atom is 0.128 e. The zero-order valence-corrected chi connectivity index (χ0v) is 9.99. The van der Waals surface area contributed by atoms with Crippen LogP contribution in [0.3, 0.4) is 0 Å². The standard InChI is InChI=1S/C11H14BrNO/c1-13(2)11-5-3-9(4-6-11)10(7-12)8-14/h3-6,8,10H,7H2,1-2H3. The Kier molecular flexibility index (Phi) is 4.14. The van der Waals surface area contributed by atoms with E-state index in [0.717, 1.165) is 17.5 Å². The number of nitrogens with zero attached hydrogens (tertiary/aromatic N) is 1. The van der Waals surface area contributed by atoms with Crippen LogP contribution in [-0.4, -0.2) is 25.7 Å². The molecule has 0 aliphatic heterocycles. The maximum atomic E-state index is 10.7. The molecule has 14 heavy (non-hydrogen) atoms. The first-order chi connectivity index (χ1) is 6.69. The van der Waals surface area contributed by atoms with Crippen LogP contribution in [0.5, 0.6) is 0 Å². The monoisotopic (exact) mass is 255 g/mol. The lowest BCUT2D eigenvalue weighted by molar-refractivity contribution is -0.108. The predicted octanol–water partition coefficient (Wildman–Crippen LogP) is 2.43. The highest BCUT2D eigenvalue weighted by Crippen LogP contribution is 2.19.